The van der Waals surface area contributed by atoms with Crippen molar-refractivity contribution in [3.8, 4) is 5.75 Å². The molecule has 1 aliphatic carbocycles. The van der Waals surface area contributed by atoms with Crippen molar-refractivity contribution in [1.29, 1.82) is 0 Å². The van der Waals surface area contributed by atoms with Crippen LogP contribution < -0.4 is 15.4 Å². The number of hydrogen-bond donors (Lipinski definition) is 2. The summed E-state index contributed by atoms with van der Waals surface area (Å²) < 4.78 is 5.44. The highest BCUT2D eigenvalue weighted by atomic mass is 32.1. The maximum Gasteiger partial charge on any atom is 0.266 e. The Morgan fingerprint density at radius 1 is 1.07 bits per heavy atom. The highest BCUT2D eigenvalue weighted by Gasteiger charge is 2.27. The summed E-state index contributed by atoms with van der Waals surface area (Å²) in [6.07, 6.45) is 2.87. The molecule has 0 bridgehead atoms. The van der Waals surface area contributed by atoms with E-state index >= 15 is 0 Å². The third-order valence-corrected chi connectivity index (χ3v) is 6.62. The number of hydrogen-bond acceptors (Lipinski definition) is 5. The van der Waals surface area contributed by atoms with Crippen LogP contribution in [0, 0.1) is 0 Å². The van der Waals surface area contributed by atoms with Crippen LogP contribution in [0.2, 0.25) is 0 Å². The van der Waals surface area contributed by atoms with Gasteiger partial charge in [-0.1, -0.05) is 6.07 Å². The normalized spacial score (nSPS) is 12.5. The van der Waals surface area contributed by atoms with Crippen LogP contribution in [0.5, 0.6) is 5.75 Å². The number of ether oxygens (including phenoxy) is 1. The lowest BCUT2D eigenvalue weighted by Gasteiger charge is -2.10. The topological polar surface area (TPSA) is 67.4 Å². The first-order chi connectivity index (χ1) is 13.7. The van der Waals surface area contributed by atoms with Crippen molar-refractivity contribution in [3.05, 3.63) is 62.7 Å². The molecule has 28 heavy (non-hydrogen) atoms. The molecule has 2 heterocycles. The first kappa shape index (κ1) is 18.7. The molecule has 0 spiro atoms. The molecule has 0 saturated carbocycles. The van der Waals surface area contributed by atoms with Gasteiger partial charge in [0.1, 0.15) is 10.8 Å². The van der Waals surface area contributed by atoms with Crippen LogP contribution >= 0.6 is 22.7 Å². The van der Waals surface area contributed by atoms with E-state index in [0.29, 0.717) is 27.7 Å². The lowest BCUT2D eigenvalue weighted by molar-refractivity contribution is 0.102. The molecule has 0 aliphatic heterocycles. The van der Waals surface area contributed by atoms with Crippen LogP contribution in [0.15, 0.2) is 41.8 Å². The van der Waals surface area contributed by atoms with E-state index in [1.807, 2.05) is 42.6 Å². The summed E-state index contributed by atoms with van der Waals surface area (Å²) in [6.45, 7) is 2.53. The molecule has 0 radical (unpaired) electrons. The molecule has 4 rings (SSSR count). The molecule has 2 aromatic heterocycles. The maximum absolute atomic E-state index is 13.0. The summed E-state index contributed by atoms with van der Waals surface area (Å²) >= 11 is 2.90. The van der Waals surface area contributed by atoms with Crippen molar-refractivity contribution in [3.63, 3.8) is 0 Å². The number of benzene rings is 1. The second-order valence-corrected chi connectivity index (χ2v) is 8.46. The highest BCUT2D eigenvalue weighted by molar-refractivity contribution is 7.17. The molecular formula is C21H20N2O3S2. The summed E-state index contributed by atoms with van der Waals surface area (Å²) in [4.78, 5) is 27.4. The Morgan fingerprint density at radius 3 is 2.61 bits per heavy atom. The zero-order valence-corrected chi connectivity index (χ0v) is 17.0. The fraction of sp³-hybridized carbons (Fsp3) is 0.238. The number of anilines is 2. The summed E-state index contributed by atoms with van der Waals surface area (Å²) in [5.41, 5.74) is 2.35. The highest BCUT2D eigenvalue weighted by Crippen LogP contribution is 2.39. The number of fused-ring (bicyclic) bond motifs is 1. The van der Waals surface area contributed by atoms with Gasteiger partial charge in [0, 0.05) is 10.6 Å². The quantitative estimate of drug-likeness (QED) is 0.585. The number of amides is 2. The Kier molecular flexibility index (Phi) is 5.45. The molecule has 144 valence electrons. The van der Waals surface area contributed by atoms with E-state index in [0.717, 1.165) is 30.6 Å². The van der Waals surface area contributed by atoms with Crippen LogP contribution in [0.4, 0.5) is 10.7 Å². The van der Waals surface area contributed by atoms with Gasteiger partial charge < -0.3 is 15.4 Å². The first-order valence-corrected chi connectivity index (χ1v) is 10.9. The van der Waals surface area contributed by atoms with Crippen molar-refractivity contribution in [1.82, 2.24) is 0 Å². The molecule has 7 heteroatoms. The third-order valence-electron chi connectivity index (χ3n) is 4.54. The van der Waals surface area contributed by atoms with Gasteiger partial charge in [-0.25, -0.2) is 0 Å². The van der Waals surface area contributed by atoms with Crippen LogP contribution in [-0.2, 0) is 12.8 Å². The number of nitrogens with one attached hydrogen (secondary N) is 2. The van der Waals surface area contributed by atoms with Crippen LogP contribution in [-0.4, -0.2) is 18.4 Å². The smallest absolute Gasteiger partial charge is 0.266 e. The van der Waals surface area contributed by atoms with Gasteiger partial charge in [-0.05, 0) is 67.5 Å². The zero-order chi connectivity index (χ0) is 19.5. The van der Waals surface area contributed by atoms with Crippen LogP contribution in [0.1, 0.15) is 43.8 Å². The van der Waals surface area contributed by atoms with Crippen molar-refractivity contribution < 1.29 is 14.3 Å². The van der Waals surface area contributed by atoms with E-state index in [4.69, 9.17) is 4.74 Å². The van der Waals surface area contributed by atoms with Crippen LogP contribution in [0.25, 0.3) is 0 Å². The number of carbonyl (C=O) groups excluding carboxylic acids is 2. The Labute approximate surface area is 171 Å². The molecule has 0 atom stereocenters. The summed E-state index contributed by atoms with van der Waals surface area (Å²) in [7, 11) is 0. The largest absolute Gasteiger partial charge is 0.494 e. The minimum Gasteiger partial charge on any atom is -0.494 e. The average molecular weight is 413 g/mol. The van der Waals surface area contributed by atoms with Crippen molar-refractivity contribution >= 4 is 45.2 Å². The van der Waals surface area contributed by atoms with Gasteiger partial charge in [0.2, 0.25) is 0 Å². The molecule has 5 nitrogen and oxygen atoms in total. The zero-order valence-electron chi connectivity index (χ0n) is 15.4. The SMILES string of the molecule is CCOc1ccc(NC(=O)c2c(NC(=O)c3cccs3)sc3c2CCC3)cc1. The molecule has 0 fully saturated rings. The fourth-order valence-corrected chi connectivity index (χ4v) is 5.20. The lowest BCUT2D eigenvalue weighted by Crippen LogP contribution is -2.17. The second kappa shape index (κ2) is 8.16. The minimum absolute atomic E-state index is 0.176. The molecule has 0 unspecified atom stereocenters. The summed E-state index contributed by atoms with van der Waals surface area (Å²) in [6, 6.07) is 10.9. The van der Waals surface area contributed by atoms with E-state index in [1.54, 1.807) is 6.07 Å². The Bertz CT molecular complexity index is 992. The minimum atomic E-state index is -0.190. The third kappa shape index (κ3) is 3.81. The number of rotatable bonds is 6. The number of aryl methyl sites for hydroxylation is 1. The van der Waals surface area contributed by atoms with Crippen molar-refractivity contribution in [2.75, 3.05) is 17.2 Å². The maximum atomic E-state index is 13.0. The first-order valence-electron chi connectivity index (χ1n) is 9.19. The van der Waals surface area contributed by atoms with E-state index in [1.165, 1.54) is 27.6 Å². The van der Waals surface area contributed by atoms with Crippen LogP contribution in [0.3, 0.4) is 0 Å². The molecule has 2 N–H and O–H groups in total. The Hall–Kier alpha value is -2.64. The van der Waals surface area contributed by atoms with Gasteiger partial charge in [0.25, 0.3) is 11.8 Å². The van der Waals surface area contributed by atoms with Gasteiger partial charge in [0.15, 0.2) is 0 Å². The second-order valence-electron chi connectivity index (χ2n) is 6.40. The molecular weight excluding hydrogens is 392 g/mol. The number of carbonyl (C=O) groups is 2. The van der Waals surface area contributed by atoms with Gasteiger partial charge in [0.05, 0.1) is 17.0 Å². The summed E-state index contributed by atoms with van der Waals surface area (Å²) in [5.74, 6) is 0.399. The molecule has 1 aliphatic rings. The molecule has 1 aromatic carbocycles. The average Bonchev–Trinajstić information content (AvgIpc) is 3.40. The van der Waals surface area contributed by atoms with E-state index in [9.17, 15) is 9.59 Å². The van der Waals surface area contributed by atoms with Crippen molar-refractivity contribution in [2.24, 2.45) is 0 Å². The molecule has 2 amide bonds. The summed E-state index contributed by atoms with van der Waals surface area (Å²) in [5, 5.41) is 8.39. The lowest BCUT2D eigenvalue weighted by atomic mass is 10.1. The van der Waals surface area contributed by atoms with Gasteiger partial charge >= 0.3 is 0 Å². The predicted octanol–water partition coefficient (Wildman–Crippen LogP) is 5.20. The Morgan fingerprint density at radius 2 is 1.89 bits per heavy atom. The van der Waals surface area contributed by atoms with Gasteiger partial charge in [-0.15, -0.1) is 22.7 Å². The predicted molar refractivity (Wildman–Crippen MR) is 114 cm³/mol. The monoisotopic (exact) mass is 412 g/mol. The van der Waals surface area contributed by atoms with Crippen molar-refractivity contribution in [2.45, 2.75) is 26.2 Å². The van der Waals surface area contributed by atoms with E-state index in [2.05, 4.69) is 10.6 Å². The number of thiophene rings is 2. The Balaban J connectivity index is 1.57. The van der Waals surface area contributed by atoms with Gasteiger partial charge in [-0.2, -0.15) is 0 Å². The standard InChI is InChI=1S/C21H20N2O3S2/c1-2-26-14-10-8-13(9-11-14)22-20(25)18-15-5-3-6-16(15)28-21(18)23-19(24)17-7-4-12-27-17/h4,7-12H,2-3,5-6H2,1H3,(H,22,25)(H,23,24). The molecule has 0 saturated heterocycles. The van der Waals surface area contributed by atoms with Gasteiger partial charge in [-0.3, -0.25) is 9.59 Å². The van der Waals surface area contributed by atoms with E-state index < -0.39 is 0 Å². The molecule has 3 aromatic rings. The fourth-order valence-electron chi connectivity index (χ4n) is 3.30. The van der Waals surface area contributed by atoms with E-state index in [-0.39, 0.29) is 11.8 Å².